The zero-order chi connectivity index (χ0) is 18.6. The Morgan fingerprint density at radius 3 is 1.48 bits per heavy atom. The van der Waals surface area contributed by atoms with Gasteiger partial charge in [0.15, 0.2) is 0 Å². The Balaban J connectivity index is 1.90. The Kier molecular flexibility index (Phi) is 4.76. The molecule has 132 valence electrons. The maximum atomic E-state index is 5.31. The molecule has 4 rings (SSSR count). The molecule has 1 heteroatoms. The number of benzene rings is 4. The van der Waals surface area contributed by atoms with Crippen LogP contribution in [-0.4, -0.2) is 7.11 Å². The highest BCUT2D eigenvalue weighted by molar-refractivity contribution is 5.92. The number of rotatable bonds is 4. The van der Waals surface area contributed by atoms with Crippen LogP contribution >= 0.6 is 0 Å². The molecule has 4 aromatic carbocycles. The van der Waals surface area contributed by atoms with Gasteiger partial charge in [0.25, 0.3) is 0 Å². The van der Waals surface area contributed by atoms with Gasteiger partial charge in [0.2, 0.25) is 0 Å². The normalized spacial score (nSPS) is 10.6. The van der Waals surface area contributed by atoms with E-state index in [0.29, 0.717) is 0 Å². The molecule has 0 bridgehead atoms. The van der Waals surface area contributed by atoms with Crippen molar-refractivity contribution in [1.82, 2.24) is 0 Å². The fourth-order valence-electron chi connectivity index (χ4n) is 3.57. The molecule has 0 aliphatic carbocycles. The molecule has 0 aromatic heterocycles. The summed E-state index contributed by atoms with van der Waals surface area (Å²) in [6.45, 7) is 2.17. The molecule has 0 N–H and O–H groups in total. The van der Waals surface area contributed by atoms with E-state index in [2.05, 4.69) is 91.9 Å². The Hall–Kier alpha value is -3.32. The van der Waals surface area contributed by atoms with Crippen molar-refractivity contribution in [3.05, 3.63) is 103 Å². The van der Waals surface area contributed by atoms with Gasteiger partial charge < -0.3 is 4.74 Å². The summed E-state index contributed by atoms with van der Waals surface area (Å²) >= 11 is 0. The lowest BCUT2D eigenvalue weighted by atomic mass is 9.88. The van der Waals surface area contributed by atoms with Crippen LogP contribution in [0.2, 0.25) is 0 Å². The Morgan fingerprint density at radius 2 is 0.926 bits per heavy atom. The first-order chi connectivity index (χ1) is 13.3. The van der Waals surface area contributed by atoms with E-state index in [0.717, 1.165) is 5.75 Å². The molecule has 0 aliphatic heterocycles. The van der Waals surface area contributed by atoms with Crippen LogP contribution in [0.1, 0.15) is 5.56 Å². The summed E-state index contributed by atoms with van der Waals surface area (Å²) in [5.74, 6) is 0.872. The molecule has 0 unspecified atom stereocenters. The standard InChI is InChI=1S/C26H22O/c1-19-9-3-4-10-22(19)24-12-7-8-14-26(24)25-13-6-5-11-23(25)20-15-17-21(27-2)18-16-20/h3-18H,1-2H3. The summed E-state index contributed by atoms with van der Waals surface area (Å²) in [5, 5.41) is 0. The van der Waals surface area contributed by atoms with Crippen LogP contribution < -0.4 is 4.74 Å². The summed E-state index contributed by atoms with van der Waals surface area (Å²) in [4.78, 5) is 0. The first kappa shape index (κ1) is 17.1. The maximum Gasteiger partial charge on any atom is 0.118 e. The predicted molar refractivity (Wildman–Crippen MR) is 114 cm³/mol. The van der Waals surface area contributed by atoms with Crippen LogP contribution in [0.15, 0.2) is 97.1 Å². The van der Waals surface area contributed by atoms with Crippen molar-refractivity contribution < 1.29 is 4.74 Å². The number of hydrogen-bond donors (Lipinski definition) is 0. The Labute approximate surface area is 160 Å². The molecule has 0 heterocycles. The topological polar surface area (TPSA) is 9.23 Å². The highest BCUT2D eigenvalue weighted by Gasteiger charge is 2.13. The van der Waals surface area contributed by atoms with Gasteiger partial charge in [-0.3, -0.25) is 0 Å². The summed E-state index contributed by atoms with van der Waals surface area (Å²) in [7, 11) is 1.70. The van der Waals surface area contributed by atoms with Crippen molar-refractivity contribution in [2.24, 2.45) is 0 Å². The molecular formula is C26H22O. The highest BCUT2D eigenvalue weighted by atomic mass is 16.5. The maximum absolute atomic E-state index is 5.31. The van der Waals surface area contributed by atoms with E-state index in [-0.39, 0.29) is 0 Å². The third-order valence-corrected chi connectivity index (χ3v) is 4.98. The smallest absolute Gasteiger partial charge is 0.118 e. The first-order valence-corrected chi connectivity index (χ1v) is 9.17. The van der Waals surface area contributed by atoms with Crippen LogP contribution in [0.3, 0.4) is 0 Å². The van der Waals surface area contributed by atoms with Crippen molar-refractivity contribution in [2.75, 3.05) is 7.11 Å². The van der Waals surface area contributed by atoms with Crippen molar-refractivity contribution in [1.29, 1.82) is 0 Å². The van der Waals surface area contributed by atoms with E-state index < -0.39 is 0 Å². The average molecular weight is 350 g/mol. The zero-order valence-corrected chi connectivity index (χ0v) is 15.6. The molecule has 0 amide bonds. The third kappa shape index (κ3) is 3.37. The fraction of sp³-hybridized carbons (Fsp3) is 0.0769. The van der Waals surface area contributed by atoms with Gasteiger partial charge in [0, 0.05) is 0 Å². The van der Waals surface area contributed by atoms with Crippen LogP contribution in [0.4, 0.5) is 0 Å². The average Bonchev–Trinajstić information content (AvgIpc) is 2.74. The van der Waals surface area contributed by atoms with Crippen LogP contribution in [0, 0.1) is 6.92 Å². The SMILES string of the molecule is COc1ccc(-c2ccccc2-c2ccccc2-c2ccccc2C)cc1. The van der Waals surface area contributed by atoms with Gasteiger partial charge in [-0.25, -0.2) is 0 Å². The Bertz CT molecular complexity index is 1060. The molecule has 0 spiro atoms. The van der Waals surface area contributed by atoms with Gasteiger partial charge in [-0.1, -0.05) is 84.9 Å². The summed E-state index contributed by atoms with van der Waals surface area (Å²) in [6, 6.07) is 34.1. The number of aryl methyl sites for hydroxylation is 1. The highest BCUT2D eigenvalue weighted by Crippen LogP contribution is 2.39. The minimum atomic E-state index is 0.872. The van der Waals surface area contributed by atoms with Crippen molar-refractivity contribution >= 4 is 0 Å². The summed E-state index contributed by atoms with van der Waals surface area (Å²) in [6.07, 6.45) is 0. The minimum absolute atomic E-state index is 0.872. The lowest BCUT2D eigenvalue weighted by molar-refractivity contribution is 0.415. The van der Waals surface area contributed by atoms with Crippen LogP contribution in [-0.2, 0) is 0 Å². The number of methoxy groups -OCH3 is 1. The van der Waals surface area contributed by atoms with Gasteiger partial charge >= 0.3 is 0 Å². The molecule has 4 aromatic rings. The van der Waals surface area contributed by atoms with Crippen LogP contribution in [0.5, 0.6) is 5.75 Å². The second kappa shape index (κ2) is 7.51. The van der Waals surface area contributed by atoms with E-state index in [9.17, 15) is 0 Å². The minimum Gasteiger partial charge on any atom is -0.497 e. The second-order valence-electron chi connectivity index (χ2n) is 6.63. The lowest BCUT2D eigenvalue weighted by Gasteiger charge is -2.16. The van der Waals surface area contributed by atoms with Crippen molar-refractivity contribution in [2.45, 2.75) is 6.92 Å². The van der Waals surface area contributed by atoms with Gasteiger partial charge in [0.05, 0.1) is 7.11 Å². The molecule has 0 fully saturated rings. The molecule has 0 aliphatic rings. The second-order valence-corrected chi connectivity index (χ2v) is 6.63. The molecule has 0 atom stereocenters. The number of hydrogen-bond acceptors (Lipinski definition) is 1. The summed E-state index contributed by atoms with van der Waals surface area (Å²) < 4.78 is 5.31. The van der Waals surface area contributed by atoms with E-state index in [1.54, 1.807) is 7.11 Å². The molecule has 0 radical (unpaired) electrons. The third-order valence-electron chi connectivity index (χ3n) is 4.98. The number of ether oxygens (including phenoxy) is 1. The molecular weight excluding hydrogens is 328 g/mol. The summed E-state index contributed by atoms with van der Waals surface area (Å²) in [5.41, 5.74) is 8.72. The zero-order valence-electron chi connectivity index (χ0n) is 15.6. The van der Waals surface area contributed by atoms with Crippen LogP contribution in [0.25, 0.3) is 33.4 Å². The lowest BCUT2D eigenvalue weighted by Crippen LogP contribution is -1.90. The van der Waals surface area contributed by atoms with E-state index in [1.165, 1.54) is 38.9 Å². The molecule has 27 heavy (non-hydrogen) atoms. The van der Waals surface area contributed by atoms with E-state index >= 15 is 0 Å². The van der Waals surface area contributed by atoms with E-state index in [1.807, 2.05) is 12.1 Å². The van der Waals surface area contributed by atoms with Gasteiger partial charge in [-0.15, -0.1) is 0 Å². The largest absolute Gasteiger partial charge is 0.497 e. The molecule has 0 saturated carbocycles. The van der Waals surface area contributed by atoms with Gasteiger partial charge in [0.1, 0.15) is 5.75 Å². The predicted octanol–water partition coefficient (Wildman–Crippen LogP) is 7.00. The quantitative estimate of drug-likeness (QED) is 0.385. The monoisotopic (exact) mass is 350 g/mol. The molecule has 1 nitrogen and oxygen atoms in total. The fourth-order valence-corrected chi connectivity index (χ4v) is 3.57. The van der Waals surface area contributed by atoms with Gasteiger partial charge in [-0.2, -0.15) is 0 Å². The van der Waals surface area contributed by atoms with E-state index in [4.69, 9.17) is 4.74 Å². The van der Waals surface area contributed by atoms with Crippen molar-refractivity contribution in [3.8, 4) is 39.1 Å². The van der Waals surface area contributed by atoms with Gasteiger partial charge in [-0.05, 0) is 58.0 Å². The first-order valence-electron chi connectivity index (χ1n) is 9.17. The Morgan fingerprint density at radius 1 is 0.481 bits per heavy atom. The van der Waals surface area contributed by atoms with Crippen molar-refractivity contribution in [3.63, 3.8) is 0 Å². The molecule has 0 saturated heterocycles.